The minimum absolute atomic E-state index is 0.0146. The van der Waals surface area contributed by atoms with Crippen LogP contribution in [0.5, 0.6) is 0 Å². The zero-order valence-corrected chi connectivity index (χ0v) is 13.5. The maximum Gasteiger partial charge on any atom is 0.256 e. The molecule has 0 bridgehead atoms. The van der Waals surface area contributed by atoms with Gasteiger partial charge in [-0.1, -0.05) is 6.42 Å². The van der Waals surface area contributed by atoms with Gasteiger partial charge >= 0.3 is 0 Å². The molecule has 0 spiro atoms. The van der Waals surface area contributed by atoms with E-state index in [1.165, 1.54) is 25.8 Å². The third-order valence-corrected chi connectivity index (χ3v) is 5.17. The van der Waals surface area contributed by atoms with Crippen LogP contribution in [-0.2, 0) is 7.05 Å². The van der Waals surface area contributed by atoms with Crippen LogP contribution in [0.4, 0.5) is 0 Å². The topological polar surface area (TPSA) is 55.1 Å². The summed E-state index contributed by atoms with van der Waals surface area (Å²) in [4.78, 5) is 15.3. The molecule has 0 aromatic carbocycles. The molecule has 1 N–H and O–H groups in total. The van der Waals surface area contributed by atoms with Gasteiger partial charge in [-0.25, -0.2) is 0 Å². The first-order chi connectivity index (χ1) is 11.2. The average molecular weight is 313 g/mol. The maximum absolute atomic E-state index is 12.8. The Morgan fingerprint density at radius 2 is 2.04 bits per heavy atom. The molecule has 0 aliphatic carbocycles. The summed E-state index contributed by atoms with van der Waals surface area (Å²) in [5.74, 6) is 0.797. The largest absolute Gasteiger partial charge is 0.348 e. The van der Waals surface area contributed by atoms with Crippen LogP contribution in [0, 0.1) is 0 Å². The first-order valence-electron chi connectivity index (χ1n) is 8.44. The smallest absolute Gasteiger partial charge is 0.256 e. The molecule has 2 aromatic rings. The predicted molar refractivity (Wildman–Crippen MR) is 87.6 cm³/mol. The zero-order chi connectivity index (χ0) is 15.8. The van der Waals surface area contributed by atoms with Crippen molar-refractivity contribution < 1.29 is 4.79 Å². The van der Waals surface area contributed by atoms with Crippen molar-refractivity contribution in [2.75, 3.05) is 13.1 Å². The third-order valence-electron chi connectivity index (χ3n) is 5.17. The Labute approximate surface area is 136 Å². The van der Waals surface area contributed by atoms with Crippen LogP contribution in [-0.4, -0.2) is 50.3 Å². The lowest BCUT2D eigenvalue weighted by molar-refractivity contribution is 0.0915. The summed E-state index contributed by atoms with van der Waals surface area (Å²) in [5.41, 5.74) is 0.637. The summed E-state index contributed by atoms with van der Waals surface area (Å²) in [6.45, 7) is 2.28. The Bertz CT molecular complexity index is 690. The summed E-state index contributed by atoms with van der Waals surface area (Å²) in [5, 5.41) is 7.54. The predicted octanol–water partition coefficient (Wildman–Crippen LogP) is 1.57. The van der Waals surface area contributed by atoms with Crippen molar-refractivity contribution in [2.24, 2.45) is 7.05 Å². The van der Waals surface area contributed by atoms with Crippen molar-refractivity contribution >= 4 is 5.91 Å². The number of carbonyl (C=O) groups is 1. The van der Waals surface area contributed by atoms with Gasteiger partial charge in [0.25, 0.3) is 5.91 Å². The molecule has 6 nitrogen and oxygen atoms in total. The van der Waals surface area contributed by atoms with E-state index in [1.54, 1.807) is 10.9 Å². The number of piperidine rings is 1. The molecule has 2 atom stereocenters. The minimum atomic E-state index is -0.0146. The molecule has 4 rings (SSSR count). The molecule has 122 valence electrons. The number of hydrogen-bond acceptors (Lipinski definition) is 3. The molecule has 23 heavy (non-hydrogen) atoms. The second-order valence-electron chi connectivity index (χ2n) is 6.56. The lowest BCUT2D eigenvalue weighted by Gasteiger charge is -2.32. The number of amides is 1. The van der Waals surface area contributed by atoms with Crippen LogP contribution < -0.4 is 5.32 Å². The van der Waals surface area contributed by atoms with Crippen LogP contribution in [0.25, 0.3) is 5.82 Å². The van der Waals surface area contributed by atoms with Crippen LogP contribution in [0.15, 0.2) is 30.7 Å². The molecule has 2 fully saturated rings. The zero-order valence-electron chi connectivity index (χ0n) is 13.5. The third kappa shape index (κ3) is 2.57. The van der Waals surface area contributed by atoms with E-state index < -0.39 is 0 Å². The highest BCUT2D eigenvalue weighted by atomic mass is 16.1. The number of hydrogen-bond donors (Lipinski definition) is 1. The number of aryl methyl sites for hydroxylation is 1. The molecule has 0 unspecified atom stereocenters. The number of nitrogens with zero attached hydrogens (tertiary/aromatic N) is 4. The van der Waals surface area contributed by atoms with Gasteiger partial charge in [-0.3, -0.25) is 14.4 Å². The summed E-state index contributed by atoms with van der Waals surface area (Å²) in [6, 6.07) is 4.68. The fourth-order valence-electron chi connectivity index (χ4n) is 4.04. The van der Waals surface area contributed by atoms with E-state index in [2.05, 4.69) is 15.3 Å². The molecule has 2 aromatic heterocycles. The van der Waals surface area contributed by atoms with Crippen molar-refractivity contribution in [3.8, 4) is 5.82 Å². The lowest BCUT2D eigenvalue weighted by atomic mass is 9.99. The number of rotatable bonds is 3. The van der Waals surface area contributed by atoms with E-state index in [0.717, 1.165) is 18.8 Å². The van der Waals surface area contributed by atoms with Gasteiger partial charge in [-0.05, 0) is 37.9 Å². The summed E-state index contributed by atoms with van der Waals surface area (Å²) < 4.78 is 3.68. The quantitative estimate of drug-likeness (QED) is 0.936. The van der Waals surface area contributed by atoms with Gasteiger partial charge in [-0.2, -0.15) is 5.10 Å². The van der Waals surface area contributed by atoms with Crippen molar-refractivity contribution in [3.63, 3.8) is 0 Å². The van der Waals surface area contributed by atoms with E-state index >= 15 is 0 Å². The summed E-state index contributed by atoms with van der Waals surface area (Å²) >= 11 is 0. The first kappa shape index (κ1) is 14.5. The van der Waals surface area contributed by atoms with Crippen molar-refractivity contribution in [3.05, 3.63) is 36.3 Å². The Morgan fingerprint density at radius 3 is 2.87 bits per heavy atom. The van der Waals surface area contributed by atoms with Gasteiger partial charge in [0, 0.05) is 38.1 Å². The Hall–Kier alpha value is -2.08. The normalized spacial score (nSPS) is 24.6. The summed E-state index contributed by atoms with van der Waals surface area (Å²) in [7, 11) is 1.87. The molecule has 4 heterocycles. The molecule has 6 heteroatoms. The highest BCUT2D eigenvalue weighted by Gasteiger charge is 2.36. The molecule has 0 radical (unpaired) electrons. The second kappa shape index (κ2) is 5.85. The van der Waals surface area contributed by atoms with Gasteiger partial charge in [0.15, 0.2) is 0 Å². The van der Waals surface area contributed by atoms with Gasteiger partial charge in [0.2, 0.25) is 0 Å². The van der Waals surface area contributed by atoms with Crippen LogP contribution >= 0.6 is 0 Å². The van der Waals surface area contributed by atoms with Crippen molar-refractivity contribution in [2.45, 2.75) is 37.8 Å². The number of carbonyl (C=O) groups excluding carboxylic acids is 1. The monoisotopic (exact) mass is 313 g/mol. The van der Waals surface area contributed by atoms with Gasteiger partial charge in [0.05, 0.1) is 6.20 Å². The Kier molecular flexibility index (Phi) is 3.69. The van der Waals surface area contributed by atoms with E-state index in [4.69, 9.17) is 0 Å². The highest BCUT2D eigenvalue weighted by molar-refractivity contribution is 5.97. The molecule has 2 saturated heterocycles. The summed E-state index contributed by atoms with van der Waals surface area (Å²) in [6.07, 6.45) is 10.3. The fraction of sp³-hybridized carbons (Fsp3) is 0.529. The van der Waals surface area contributed by atoms with Crippen LogP contribution in [0.2, 0.25) is 0 Å². The lowest BCUT2D eigenvalue weighted by Crippen LogP contribution is -2.46. The van der Waals surface area contributed by atoms with E-state index in [-0.39, 0.29) is 11.9 Å². The fourth-order valence-corrected chi connectivity index (χ4v) is 4.04. The van der Waals surface area contributed by atoms with Gasteiger partial charge < -0.3 is 9.88 Å². The average Bonchev–Trinajstić information content (AvgIpc) is 3.27. The van der Waals surface area contributed by atoms with E-state index in [1.807, 2.05) is 36.1 Å². The molecular weight excluding hydrogens is 290 g/mol. The van der Waals surface area contributed by atoms with Gasteiger partial charge in [0.1, 0.15) is 11.4 Å². The van der Waals surface area contributed by atoms with Crippen LogP contribution in [0.1, 0.15) is 36.0 Å². The van der Waals surface area contributed by atoms with Crippen LogP contribution in [0.3, 0.4) is 0 Å². The number of aromatic nitrogens is 3. The van der Waals surface area contributed by atoms with Crippen molar-refractivity contribution in [1.29, 1.82) is 0 Å². The SMILES string of the molecule is Cn1ncc(C(=O)N[C@@H]2CCN3CCCC[C@@H]23)c1-n1cccc1. The van der Waals surface area contributed by atoms with E-state index in [9.17, 15) is 4.79 Å². The molecule has 2 aliphatic heterocycles. The Morgan fingerprint density at radius 1 is 1.22 bits per heavy atom. The molecule has 0 saturated carbocycles. The minimum Gasteiger partial charge on any atom is -0.348 e. The van der Waals surface area contributed by atoms with Crippen molar-refractivity contribution in [1.82, 2.24) is 24.6 Å². The van der Waals surface area contributed by atoms with E-state index in [0.29, 0.717) is 11.6 Å². The molecular formula is C17H23N5O. The first-order valence-corrected chi connectivity index (χ1v) is 8.44. The Balaban J connectivity index is 1.54. The number of fused-ring (bicyclic) bond motifs is 1. The second-order valence-corrected chi connectivity index (χ2v) is 6.56. The number of nitrogens with one attached hydrogen (secondary N) is 1. The molecule has 1 amide bonds. The standard InChI is InChI=1S/C17H23N5O/c1-20-17(22-9-4-5-10-22)13(12-18-20)16(23)19-14-7-11-21-8-3-2-6-15(14)21/h4-5,9-10,12,14-15H,2-3,6-8,11H2,1H3,(H,19,23)/t14-,15+/m1/s1. The molecule has 2 aliphatic rings. The maximum atomic E-state index is 12.8. The van der Waals surface area contributed by atoms with Gasteiger partial charge in [-0.15, -0.1) is 0 Å². The highest BCUT2D eigenvalue weighted by Crippen LogP contribution is 2.27.